The number of fused-ring (bicyclic) bond motifs is 1. The molecule has 0 aliphatic carbocycles. The third kappa shape index (κ3) is 4.04. The van der Waals surface area contributed by atoms with Gasteiger partial charge in [0.1, 0.15) is 5.82 Å². The predicted octanol–water partition coefficient (Wildman–Crippen LogP) is 2.13. The van der Waals surface area contributed by atoms with E-state index < -0.39 is 0 Å². The fraction of sp³-hybridized carbons (Fsp3) is 0.417. The summed E-state index contributed by atoms with van der Waals surface area (Å²) in [7, 11) is 0. The quantitative estimate of drug-likeness (QED) is 0.615. The maximum Gasteiger partial charge on any atom is 0.262 e. The first-order chi connectivity index (χ1) is 15.7. The largest absolute Gasteiger partial charge is 0.353 e. The van der Waals surface area contributed by atoms with Gasteiger partial charge in [-0.3, -0.25) is 14.2 Å². The molecule has 166 valence electrons. The molecule has 0 radical (unpaired) electrons. The zero-order valence-corrected chi connectivity index (χ0v) is 18.2. The molecule has 0 saturated carbocycles. The van der Waals surface area contributed by atoms with Crippen LogP contribution in [0.5, 0.6) is 0 Å². The van der Waals surface area contributed by atoms with Gasteiger partial charge in [0.15, 0.2) is 0 Å². The van der Waals surface area contributed by atoms with Crippen molar-refractivity contribution in [1.29, 1.82) is 0 Å². The van der Waals surface area contributed by atoms with Gasteiger partial charge in [0.2, 0.25) is 11.9 Å². The first-order valence-corrected chi connectivity index (χ1v) is 11.4. The molecule has 2 aliphatic heterocycles. The van der Waals surface area contributed by atoms with Crippen molar-refractivity contribution in [2.75, 3.05) is 49.1 Å². The Hall–Kier alpha value is -3.42. The van der Waals surface area contributed by atoms with Gasteiger partial charge in [-0.1, -0.05) is 18.2 Å². The van der Waals surface area contributed by atoms with Crippen LogP contribution in [0, 0.1) is 0 Å². The lowest BCUT2D eigenvalue weighted by atomic mass is 10.2. The van der Waals surface area contributed by atoms with E-state index >= 15 is 0 Å². The summed E-state index contributed by atoms with van der Waals surface area (Å²) in [5.74, 6) is 1.72. The number of anilines is 2. The van der Waals surface area contributed by atoms with Crippen molar-refractivity contribution in [3.8, 4) is 0 Å². The topological polar surface area (TPSA) is 74.6 Å². The second-order valence-electron chi connectivity index (χ2n) is 8.39. The molecular formula is C24H28N6O2. The lowest BCUT2D eigenvalue weighted by molar-refractivity contribution is -0.131. The van der Waals surface area contributed by atoms with Crippen LogP contribution in [0.4, 0.5) is 11.8 Å². The maximum absolute atomic E-state index is 13.3. The Morgan fingerprint density at radius 3 is 2.38 bits per heavy atom. The summed E-state index contributed by atoms with van der Waals surface area (Å²) >= 11 is 0. The van der Waals surface area contributed by atoms with Gasteiger partial charge in [-0.2, -0.15) is 0 Å². The van der Waals surface area contributed by atoms with Crippen LogP contribution in [-0.4, -0.2) is 64.6 Å². The average molecular weight is 433 g/mol. The number of pyridine rings is 1. The van der Waals surface area contributed by atoms with Crippen molar-refractivity contribution in [2.45, 2.75) is 25.8 Å². The SMILES string of the molecule is O=C(CCn1c(N2CCCC2)nc2ccccc2c1=O)N1CCN(c2ccccn2)CC1. The van der Waals surface area contributed by atoms with E-state index in [1.54, 1.807) is 10.8 Å². The number of amides is 1. The molecule has 2 aromatic heterocycles. The highest BCUT2D eigenvalue weighted by Gasteiger charge is 2.24. The average Bonchev–Trinajstić information content (AvgIpc) is 3.39. The minimum absolute atomic E-state index is 0.0646. The van der Waals surface area contributed by atoms with Gasteiger partial charge in [0, 0.05) is 58.4 Å². The monoisotopic (exact) mass is 432 g/mol. The molecule has 2 aliphatic rings. The first kappa shape index (κ1) is 20.5. The van der Waals surface area contributed by atoms with Crippen molar-refractivity contribution < 1.29 is 4.79 Å². The van der Waals surface area contributed by atoms with Gasteiger partial charge in [-0.05, 0) is 37.1 Å². The summed E-state index contributed by atoms with van der Waals surface area (Å²) in [5, 5.41) is 0.604. The molecular weight excluding hydrogens is 404 g/mol. The molecule has 8 nitrogen and oxygen atoms in total. The van der Waals surface area contributed by atoms with Crippen LogP contribution in [-0.2, 0) is 11.3 Å². The van der Waals surface area contributed by atoms with Crippen molar-refractivity contribution >= 4 is 28.6 Å². The number of carbonyl (C=O) groups excluding carboxylic acids is 1. The number of hydrogen-bond acceptors (Lipinski definition) is 6. The Morgan fingerprint density at radius 1 is 0.875 bits per heavy atom. The van der Waals surface area contributed by atoms with Crippen molar-refractivity contribution in [3.05, 3.63) is 59.0 Å². The van der Waals surface area contributed by atoms with E-state index in [0.717, 1.165) is 44.8 Å². The third-order valence-electron chi connectivity index (χ3n) is 6.39. The standard InChI is InChI=1S/C24H28N6O2/c31-22(28-17-15-27(16-18-28)21-9-3-4-11-25-21)10-14-30-23(32)19-7-1-2-8-20(19)26-24(30)29-12-5-6-13-29/h1-4,7-9,11H,5-6,10,12-18H2. The Balaban J connectivity index is 1.30. The Morgan fingerprint density at radius 2 is 1.62 bits per heavy atom. The summed E-state index contributed by atoms with van der Waals surface area (Å²) < 4.78 is 1.70. The second-order valence-corrected chi connectivity index (χ2v) is 8.39. The first-order valence-electron chi connectivity index (χ1n) is 11.4. The van der Waals surface area contributed by atoms with Crippen molar-refractivity contribution in [1.82, 2.24) is 19.4 Å². The lowest BCUT2D eigenvalue weighted by Gasteiger charge is -2.35. The number of carbonyl (C=O) groups is 1. The van der Waals surface area contributed by atoms with E-state index in [-0.39, 0.29) is 11.5 Å². The molecule has 0 atom stereocenters. The van der Waals surface area contributed by atoms with E-state index in [1.807, 2.05) is 47.4 Å². The van der Waals surface area contributed by atoms with Gasteiger partial charge in [0.05, 0.1) is 10.9 Å². The lowest BCUT2D eigenvalue weighted by Crippen LogP contribution is -2.49. The Bertz CT molecular complexity index is 1150. The highest BCUT2D eigenvalue weighted by Crippen LogP contribution is 2.20. The summed E-state index contributed by atoms with van der Waals surface area (Å²) in [4.78, 5) is 41.7. The fourth-order valence-corrected chi connectivity index (χ4v) is 4.61. The summed E-state index contributed by atoms with van der Waals surface area (Å²) in [6.45, 7) is 5.00. The van der Waals surface area contributed by atoms with E-state index in [0.29, 0.717) is 42.9 Å². The fourth-order valence-electron chi connectivity index (χ4n) is 4.61. The van der Waals surface area contributed by atoms with Crippen LogP contribution in [0.3, 0.4) is 0 Å². The molecule has 32 heavy (non-hydrogen) atoms. The Kier molecular flexibility index (Phi) is 5.75. The minimum Gasteiger partial charge on any atom is -0.353 e. The van der Waals surface area contributed by atoms with Crippen molar-refractivity contribution in [2.24, 2.45) is 0 Å². The van der Waals surface area contributed by atoms with Gasteiger partial charge in [-0.25, -0.2) is 9.97 Å². The van der Waals surface area contributed by atoms with E-state index in [1.165, 1.54) is 0 Å². The van der Waals surface area contributed by atoms with Crippen LogP contribution in [0.1, 0.15) is 19.3 Å². The zero-order valence-electron chi connectivity index (χ0n) is 18.2. The smallest absolute Gasteiger partial charge is 0.262 e. The summed E-state index contributed by atoms with van der Waals surface area (Å²) in [6.07, 6.45) is 4.29. The van der Waals surface area contributed by atoms with Gasteiger partial charge < -0.3 is 14.7 Å². The molecule has 0 unspecified atom stereocenters. The molecule has 0 bridgehead atoms. The van der Waals surface area contributed by atoms with E-state index in [2.05, 4.69) is 14.8 Å². The highest BCUT2D eigenvalue weighted by atomic mass is 16.2. The number of para-hydroxylation sites is 1. The molecule has 1 amide bonds. The molecule has 2 saturated heterocycles. The van der Waals surface area contributed by atoms with Crippen LogP contribution in [0.15, 0.2) is 53.5 Å². The van der Waals surface area contributed by atoms with Crippen LogP contribution in [0.2, 0.25) is 0 Å². The minimum atomic E-state index is -0.0646. The molecule has 3 aromatic rings. The van der Waals surface area contributed by atoms with Gasteiger partial charge >= 0.3 is 0 Å². The third-order valence-corrected chi connectivity index (χ3v) is 6.39. The number of benzene rings is 1. The number of nitrogens with zero attached hydrogens (tertiary/aromatic N) is 6. The number of aromatic nitrogens is 3. The molecule has 8 heteroatoms. The Labute approximate surface area is 187 Å². The van der Waals surface area contributed by atoms with Crippen LogP contribution < -0.4 is 15.4 Å². The van der Waals surface area contributed by atoms with E-state index in [4.69, 9.17) is 4.98 Å². The number of piperazine rings is 1. The molecule has 1 aromatic carbocycles. The van der Waals surface area contributed by atoms with Gasteiger partial charge in [-0.15, -0.1) is 0 Å². The highest BCUT2D eigenvalue weighted by molar-refractivity contribution is 5.79. The van der Waals surface area contributed by atoms with Crippen LogP contribution >= 0.6 is 0 Å². The maximum atomic E-state index is 13.3. The second kappa shape index (κ2) is 8.98. The number of hydrogen-bond donors (Lipinski definition) is 0. The summed E-state index contributed by atoms with van der Waals surface area (Å²) in [5.41, 5.74) is 0.651. The van der Waals surface area contributed by atoms with Crippen LogP contribution in [0.25, 0.3) is 10.9 Å². The van der Waals surface area contributed by atoms with Gasteiger partial charge in [0.25, 0.3) is 5.56 Å². The normalized spacial score (nSPS) is 16.7. The predicted molar refractivity (Wildman–Crippen MR) is 125 cm³/mol. The molecule has 0 spiro atoms. The van der Waals surface area contributed by atoms with E-state index in [9.17, 15) is 9.59 Å². The zero-order chi connectivity index (χ0) is 21.9. The molecule has 2 fully saturated rings. The molecule has 0 N–H and O–H groups in total. The molecule has 5 rings (SSSR count). The van der Waals surface area contributed by atoms with Crippen molar-refractivity contribution in [3.63, 3.8) is 0 Å². The summed E-state index contributed by atoms with van der Waals surface area (Å²) in [6, 6.07) is 13.3. The molecule has 4 heterocycles. The number of rotatable bonds is 5.